The number of carbonyl (C=O) groups is 1. The summed E-state index contributed by atoms with van der Waals surface area (Å²) >= 11 is 1.14. The van der Waals surface area contributed by atoms with Gasteiger partial charge in [-0.1, -0.05) is 12.1 Å². The van der Waals surface area contributed by atoms with Crippen molar-refractivity contribution in [3.05, 3.63) is 66.3 Å². The topological polar surface area (TPSA) is 100 Å². The lowest BCUT2D eigenvalue weighted by Gasteiger charge is -2.10. The summed E-state index contributed by atoms with van der Waals surface area (Å²) in [5.74, 6) is -0.222. The van der Waals surface area contributed by atoms with Crippen LogP contribution < -0.4 is 15.4 Å². The lowest BCUT2D eigenvalue weighted by Crippen LogP contribution is -2.21. The Morgan fingerprint density at radius 2 is 1.77 bits per heavy atom. The van der Waals surface area contributed by atoms with Crippen molar-refractivity contribution in [2.45, 2.75) is 4.21 Å². The number of nitrogens with zero attached hydrogens (tertiary/aromatic N) is 1. The number of hydrogen-bond acceptors (Lipinski definition) is 6. The van der Waals surface area contributed by atoms with E-state index in [1.165, 1.54) is 0 Å². The number of anilines is 3. The molecule has 0 aliphatic carbocycles. The van der Waals surface area contributed by atoms with Crippen molar-refractivity contribution in [1.29, 1.82) is 0 Å². The Morgan fingerprint density at radius 3 is 2.50 bits per heavy atom. The van der Waals surface area contributed by atoms with Crippen molar-refractivity contribution in [3.63, 3.8) is 0 Å². The summed E-state index contributed by atoms with van der Waals surface area (Å²) in [5.41, 5.74) is 1.70. The number of sulfonamides is 1. The SMILES string of the molecule is O=C(CNc1cccc(NS(=O)(=O)c2cccs2)c1)Nc1ccncc1. The average molecular weight is 388 g/mol. The van der Waals surface area contributed by atoms with Crippen LogP contribution in [0.3, 0.4) is 0 Å². The summed E-state index contributed by atoms with van der Waals surface area (Å²) in [7, 11) is -3.60. The molecule has 7 nitrogen and oxygen atoms in total. The second kappa shape index (κ2) is 7.98. The van der Waals surface area contributed by atoms with Crippen molar-refractivity contribution < 1.29 is 13.2 Å². The fraction of sp³-hybridized carbons (Fsp3) is 0.0588. The summed E-state index contributed by atoms with van der Waals surface area (Å²) in [5, 5.41) is 7.40. The summed E-state index contributed by atoms with van der Waals surface area (Å²) in [6.07, 6.45) is 3.18. The Kier molecular flexibility index (Phi) is 5.49. The molecular formula is C17H16N4O3S2. The number of aromatic nitrogens is 1. The van der Waals surface area contributed by atoms with Crippen LogP contribution in [0.5, 0.6) is 0 Å². The lowest BCUT2D eigenvalue weighted by atomic mass is 10.3. The predicted molar refractivity (Wildman–Crippen MR) is 103 cm³/mol. The maximum absolute atomic E-state index is 12.3. The quantitative estimate of drug-likeness (QED) is 0.578. The number of carbonyl (C=O) groups excluding carboxylic acids is 1. The minimum atomic E-state index is -3.60. The first-order chi connectivity index (χ1) is 12.5. The van der Waals surface area contributed by atoms with E-state index >= 15 is 0 Å². The normalized spacial score (nSPS) is 10.9. The molecule has 1 aromatic carbocycles. The highest BCUT2D eigenvalue weighted by atomic mass is 32.2. The standard InChI is InChI=1S/C17H16N4O3S2/c22-16(20-13-6-8-18-9-7-13)12-19-14-3-1-4-15(11-14)21-26(23,24)17-5-2-10-25-17/h1-11,19,21H,12H2,(H,18,20,22). The monoisotopic (exact) mass is 388 g/mol. The van der Waals surface area contributed by atoms with Crippen LogP contribution in [0.15, 0.2) is 70.5 Å². The Bertz CT molecular complexity index is 974. The van der Waals surface area contributed by atoms with Crippen LogP contribution in [0.25, 0.3) is 0 Å². The molecule has 0 unspecified atom stereocenters. The molecule has 0 spiro atoms. The molecule has 26 heavy (non-hydrogen) atoms. The molecule has 0 aliphatic heterocycles. The highest BCUT2D eigenvalue weighted by Crippen LogP contribution is 2.22. The second-order valence-electron chi connectivity index (χ2n) is 5.26. The molecule has 0 atom stereocenters. The van der Waals surface area contributed by atoms with Crippen LogP contribution in [0.4, 0.5) is 17.1 Å². The molecule has 0 saturated heterocycles. The van der Waals surface area contributed by atoms with E-state index in [1.807, 2.05) is 0 Å². The minimum Gasteiger partial charge on any atom is -0.376 e. The van der Waals surface area contributed by atoms with Gasteiger partial charge in [0.2, 0.25) is 5.91 Å². The molecule has 3 aromatic rings. The Balaban J connectivity index is 1.60. The predicted octanol–water partition coefficient (Wildman–Crippen LogP) is 2.99. The van der Waals surface area contributed by atoms with Gasteiger partial charge in [0.1, 0.15) is 4.21 Å². The maximum atomic E-state index is 12.3. The van der Waals surface area contributed by atoms with E-state index in [4.69, 9.17) is 0 Å². The first-order valence-corrected chi connectivity index (χ1v) is 9.99. The third-order valence-electron chi connectivity index (χ3n) is 3.29. The van der Waals surface area contributed by atoms with Crippen LogP contribution in [0.2, 0.25) is 0 Å². The van der Waals surface area contributed by atoms with Crippen LogP contribution in [-0.2, 0) is 14.8 Å². The summed E-state index contributed by atoms with van der Waals surface area (Å²) in [6, 6.07) is 13.3. The highest BCUT2D eigenvalue weighted by molar-refractivity contribution is 7.94. The third-order valence-corrected chi connectivity index (χ3v) is 6.07. The van der Waals surface area contributed by atoms with E-state index in [0.29, 0.717) is 17.1 Å². The molecular weight excluding hydrogens is 372 g/mol. The zero-order chi connectivity index (χ0) is 18.4. The van der Waals surface area contributed by atoms with Crippen LogP contribution in [0, 0.1) is 0 Å². The molecule has 134 valence electrons. The third kappa shape index (κ3) is 4.80. The van der Waals surface area contributed by atoms with Crippen LogP contribution in [-0.4, -0.2) is 25.9 Å². The van der Waals surface area contributed by atoms with Gasteiger partial charge < -0.3 is 10.6 Å². The summed E-state index contributed by atoms with van der Waals surface area (Å²) < 4.78 is 27.3. The molecule has 0 fully saturated rings. The minimum absolute atomic E-state index is 0.0451. The highest BCUT2D eigenvalue weighted by Gasteiger charge is 2.15. The number of hydrogen-bond donors (Lipinski definition) is 3. The maximum Gasteiger partial charge on any atom is 0.271 e. The molecule has 3 N–H and O–H groups in total. The average Bonchev–Trinajstić information content (AvgIpc) is 3.17. The first kappa shape index (κ1) is 17.9. The Hall–Kier alpha value is -2.91. The molecule has 0 radical (unpaired) electrons. The molecule has 0 bridgehead atoms. The van der Waals surface area contributed by atoms with E-state index < -0.39 is 10.0 Å². The molecule has 0 aliphatic rings. The van der Waals surface area contributed by atoms with Crippen molar-refractivity contribution in [2.24, 2.45) is 0 Å². The fourth-order valence-corrected chi connectivity index (χ4v) is 4.18. The molecule has 9 heteroatoms. The van der Waals surface area contributed by atoms with Gasteiger partial charge in [0.25, 0.3) is 10.0 Å². The van der Waals surface area contributed by atoms with Crippen LogP contribution >= 0.6 is 11.3 Å². The molecule has 1 amide bonds. The van der Waals surface area contributed by atoms with Gasteiger partial charge in [0.05, 0.1) is 12.2 Å². The molecule has 2 heterocycles. The van der Waals surface area contributed by atoms with Gasteiger partial charge in [0.15, 0.2) is 0 Å². The number of nitrogens with one attached hydrogen (secondary N) is 3. The Labute approximate surface area is 155 Å². The van der Waals surface area contributed by atoms with Crippen molar-refractivity contribution >= 4 is 44.3 Å². The number of rotatable bonds is 7. The molecule has 2 aromatic heterocycles. The van der Waals surface area contributed by atoms with Crippen molar-refractivity contribution in [1.82, 2.24) is 4.98 Å². The van der Waals surface area contributed by atoms with Gasteiger partial charge in [0, 0.05) is 23.8 Å². The number of amides is 1. The molecule has 3 rings (SSSR count). The molecule has 0 saturated carbocycles. The summed E-state index contributed by atoms with van der Waals surface area (Å²) in [6.45, 7) is 0.0451. The van der Waals surface area contributed by atoms with Gasteiger partial charge in [-0.15, -0.1) is 11.3 Å². The second-order valence-corrected chi connectivity index (χ2v) is 8.11. The smallest absolute Gasteiger partial charge is 0.271 e. The van der Waals surface area contributed by atoms with Crippen LogP contribution in [0.1, 0.15) is 0 Å². The van der Waals surface area contributed by atoms with E-state index in [1.54, 1.807) is 66.3 Å². The largest absolute Gasteiger partial charge is 0.376 e. The zero-order valence-corrected chi connectivity index (χ0v) is 15.2. The summed E-state index contributed by atoms with van der Waals surface area (Å²) in [4.78, 5) is 15.8. The van der Waals surface area contributed by atoms with Gasteiger partial charge >= 0.3 is 0 Å². The lowest BCUT2D eigenvalue weighted by molar-refractivity contribution is -0.114. The van der Waals surface area contributed by atoms with E-state index in [9.17, 15) is 13.2 Å². The Morgan fingerprint density at radius 1 is 1.00 bits per heavy atom. The zero-order valence-electron chi connectivity index (χ0n) is 13.5. The van der Waals surface area contributed by atoms with E-state index in [-0.39, 0.29) is 16.7 Å². The van der Waals surface area contributed by atoms with Gasteiger partial charge in [-0.3, -0.25) is 14.5 Å². The van der Waals surface area contributed by atoms with Gasteiger partial charge in [-0.05, 0) is 41.8 Å². The van der Waals surface area contributed by atoms with E-state index in [2.05, 4.69) is 20.3 Å². The van der Waals surface area contributed by atoms with Crippen molar-refractivity contribution in [2.75, 3.05) is 21.9 Å². The first-order valence-electron chi connectivity index (χ1n) is 7.63. The number of thiophene rings is 1. The van der Waals surface area contributed by atoms with E-state index in [0.717, 1.165) is 11.3 Å². The van der Waals surface area contributed by atoms with Crippen molar-refractivity contribution in [3.8, 4) is 0 Å². The van der Waals surface area contributed by atoms with Gasteiger partial charge in [-0.25, -0.2) is 8.42 Å². The van der Waals surface area contributed by atoms with Gasteiger partial charge in [-0.2, -0.15) is 0 Å². The number of benzene rings is 1. The number of pyridine rings is 1. The fourth-order valence-electron chi connectivity index (χ4n) is 2.14.